The summed E-state index contributed by atoms with van der Waals surface area (Å²) in [6.07, 6.45) is 3.09. The van der Waals surface area contributed by atoms with Crippen LogP contribution in [0.4, 0.5) is 0 Å². The monoisotopic (exact) mass is 174 g/mol. The van der Waals surface area contributed by atoms with Crippen LogP contribution in [0.5, 0.6) is 0 Å². The SMILES string of the molecule is CC(C)C/C(C=[N+](C)C)=C\Cl. The Labute approximate surface area is 74.4 Å². The van der Waals surface area contributed by atoms with Crippen LogP contribution in [0.2, 0.25) is 0 Å². The van der Waals surface area contributed by atoms with Crippen LogP contribution in [0.3, 0.4) is 0 Å². The van der Waals surface area contributed by atoms with E-state index < -0.39 is 0 Å². The molecule has 64 valence electrons. The van der Waals surface area contributed by atoms with Gasteiger partial charge in [0.15, 0.2) is 6.21 Å². The highest BCUT2D eigenvalue weighted by Gasteiger charge is 2.00. The van der Waals surface area contributed by atoms with Crippen LogP contribution in [0.25, 0.3) is 0 Å². The van der Waals surface area contributed by atoms with Crippen molar-refractivity contribution in [1.29, 1.82) is 0 Å². The van der Waals surface area contributed by atoms with Gasteiger partial charge in [0.25, 0.3) is 0 Å². The first kappa shape index (κ1) is 10.7. The third-order valence-corrected chi connectivity index (χ3v) is 1.49. The molecule has 0 N–H and O–H groups in total. The minimum atomic E-state index is 0.663. The van der Waals surface area contributed by atoms with Gasteiger partial charge in [-0.2, -0.15) is 0 Å². The lowest BCUT2D eigenvalue weighted by Crippen LogP contribution is -2.02. The van der Waals surface area contributed by atoms with Gasteiger partial charge >= 0.3 is 0 Å². The highest BCUT2D eigenvalue weighted by atomic mass is 35.5. The lowest BCUT2D eigenvalue weighted by molar-refractivity contribution is -0.459. The molecule has 0 fully saturated rings. The molecule has 1 nitrogen and oxygen atoms in total. The molecule has 0 heterocycles. The smallest absolute Gasteiger partial charge is 0.167 e. The van der Waals surface area contributed by atoms with Crippen molar-refractivity contribution < 1.29 is 4.58 Å². The van der Waals surface area contributed by atoms with Gasteiger partial charge in [-0.3, -0.25) is 0 Å². The molecule has 2 heteroatoms. The number of halogens is 1. The number of hydrogen-bond acceptors (Lipinski definition) is 0. The summed E-state index contributed by atoms with van der Waals surface area (Å²) in [4.78, 5) is 0. The van der Waals surface area contributed by atoms with Crippen LogP contribution in [0, 0.1) is 5.92 Å². The zero-order chi connectivity index (χ0) is 8.85. The normalized spacial score (nSPS) is 12.0. The Kier molecular flexibility index (Phi) is 5.22. The standard InChI is InChI=1S/C9H17ClN/c1-8(2)5-9(6-10)7-11(3)4/h6-8H,5H2,1-4H3/q+1/b9-6+. The molecule has 0 unspecified atom stereocenters. The molecule has 0 atom stereocenters. The molecule has 0 spiro atoms. The first-order valence-electron chi connectivity index (χ1n) is 3.86. The third kappa shape index (κ3) is 6.11. The van der Waals surface area contributed by atoms with Gasteiger partial charge < -0.3 is 0 Å². The van der Waals surface area contributed by atoms with Gasteiger partial charge in [0.05, 0.1) is 0 Å². The molecule has 0 aromatic heterocycles. The van der Waals surface area contributed by atoms with E-state index in [2.05, 4.69) is 13.8 Å². The third-order valence-electron chi connectivity index (χ3n) is 1.21. The molecule has 0 aromatic rings. The molecule has 0 bridgehead atoms. The average Bonchev–Trinajstić information content (AvgIpc) is 1.84. The van der Waals surface area contributed by atoms with E-state index in [-0.39, 0.29) is 0 Å². The van der Waals surface area contributed by atoms with Gasteiger partial charge in [0, 0.05) is 11.1 Å². The number of nitrogens with zero attached hydrogens (tertiary/aromatic N) is 1. The summed E-state index contributed by atoms with van der Waals surface area (Å²) in [6.45, 7) is 4.37. The van der Waals surface area contributed by atoms with Crippen molar-refractivity contribution in [3.8, 4) is 0 Å². The maximum atomic E-state index is 5.64. The molecule has 0 saturated carbocycles. The van der Waals surface area contributed by atoms with Crippen molar-refractivity contribution in [3.63, 3.8) is 0 Å². The highest BCUT2D eigenvalue weighted by Crippen LogP contribution is 2.09. The molecular weight excluding hydrogens is 158 g/mol. The topological polar surface area (TPSA) is 3.01 Å². The molecule has 0 saturated heterocycles. The average molecular weight is 175 g/mol. The minimum Gasteiger partial charge on any atom is -0.241 e. The van der Waals surface area contributed by atoms with Gasteiger partial charge in [-0.1, -0.05) is 25.4 Å². The van der Waals surface area contributed by atoms with E-state index in [0.29, 0.717) is 5.92 Å². The zero-order valence-corrected chi connectivity index (χ0v) is 8.52. The molecule has 0 aromatic carbocycles. The first-order chi connectivity index (χ1) is 5.06. The maximum Gasteiger partial charge on any atom is 0.167 e. The summed E-state index contributed by atoms with van der Waals surface area (Å²) in [5.74, 6) is 0.663. The van der Waals surface area contributed by atoms with Gasteiger partial charge in [0.1, 0.15) is 14.1 Å². The second-order valence-electron chi connectivity index (χ2n) is 3.37. The minimum absolute atomic E-state index is 0.663. The second-order valence-corrected chi connectivity index (χ2v) is 3.59. The summed E-state index contributed by atoms with van der Waals surface area (Å²) in [6, 6.07) is 0. The van der Waals surface area contributed by atoms with Gasteiger partial charge in [-0.25, -0.2) is 4.58 Å². The lowest BCUT2D eigenvalue weighted by atomic mass is 10.1. The fourth-order valence-corrected chi connectivity index (χ4v) is 1.07. The fraction of sp³-hybridized carbons (Fsp3) is 0.667. The van der Waals surface area contributed by atoms with Crippen molar-refractivity contribution in [2.24, 2.45) is 5.92 Å². The van der Waals surface area contributed by atoms with Gasteiger partial charge in [0.2, 0.25) is 0 Å². The van der Waals surface area contributed by atoms with Crippen molar-refractivity contribution in [2.45, 2.75) is 20.3 Å². The summed E-state index contributed by atoms with van der Waals surface area (Å²) >= 11 is 5.64. The van der Waals surface area contributed by atoms with Crippen LogP contribution >= 0.6 is 11.6 Å². The van der Waals surface area contributed by atoms with Gasteiger partial charge in [-0.05, 0) is 12.3 Å². The quantitative estimate of drug-likeness (QED) is 0.457. The first-order valence-corrected chi connectivity index (χ1v) is 4.30. The second kappa shape index (κ2) is 5.36. The molecule has 11 heavy (non-hydrogen) atoms. The van der Waals surface area contributed by atoms with E-state index in [1.807, 2.05) is 24.9 Å². The maximum absolute atomic E-state index is 5.64. The van der Waals surface area contributed by atoms with Crippen LogP contribution in [-0.4, -0.2) is 24.9 Å². The van der Waals surface area contributed by atoms with Crippen molar-refractivity contribution in [3.05, 3.63) is 11.1 Å². The molecule has 0 amide bonds. The van der Waals surface area contributed by atoms with E-state index >= 15 is 0 Å². The van der Waals surface area contributed by atoms with E-state index in [4.69, 9.17) is 11.6 Å². The predicted molar refractivity (Wildman–Crippen MR) is 51.6 cm³/mol. The predicted octanol–water partition coefficient (Wildman–Crippen LogP) is 2.50. The van der Waals surface area contributed by atoms with Crippen LogP contribution in [0.15, 0.2) is 11.1 Å². The number of allylic oxidation sites excluding steroid dienone is 1. The van der Waals surface area contributed by atoms with Crippen LogP contribution < -0.4 is 0 Å². The van der Waals surface area contributed by atoms with Crippen molar-refractivity contribution >= 4 is 17.8 Å². The number of hydrogen-bond donors (Lipinski definition) is 0. The Balaban J connectivity index is 4.10. The Bertz CT molecular complexity index is 164. The van der Waals surface area contributed by atoms with E-state index in [1.165, 1.54) is 5.57 Å². The van der Waals surface area contributed by atoms with E-state index in [0.717, 1.165) is 6.42 Å². The molecule has 0 aliphatic carbocycles. The number of rotatable bonds is 3. The molecular formula is C9H17ClN+. The summed E-state index contributed by atoms with van der Waals surface area (Å²) in [5, 5.41) is 0. The summed E-state index contributed by atoms with van der Waals surface area (Å²) in [5.41, 5.74) is 2.84. The molecule has 0 aliphatic heterocycles. The van der Waals surface area contributed by atoms with E-state index in [1.54, 1.807) is 5.54 Å². The molecule has 0 aliphatic rings. The zero-order valence-electron chi connectivity index (χ0n) is 7.76. The fourth-order valence-electron chi connectivity index (χ4n) is 0.928. The van der Waals surface area contributed by atoms with Gasteiger partial charge in [-0.15, -0.1) is 0 Å². The summed E-state index contributed by atoms with van der Waals surface area (Å²) in [7, 11) is 4.00. The van der Waals surface area contributed by atoms with Crippen LogP contribution in [0.1, 0.15) is 20.3 Å². The Morgan fingerprint density at radius 1 is 1.45 bits per heavy atom. The Morgan fingerprint density at radius 2 is 2.00 bits per heavy atom. The summed E-state index contributed by atoms with van der Waals surface area (Å²) < 4.78 is 2.01. The van der Waals surface area contributed by atoms with Crippen LogP contribution in [-0.2, 0) is 0 Å². The Morgan fingerprint density at radius 3 is 2.27 bits per heavy atom. The Hall–Kier alpha value is -0.300. The molecule has 0 radical (unpaired) electrons. The van der Waals surface area contributed by atoms with Crippen molar-refractivity contribution in [2.75, 3.05) is 14.1 Å². The van der Waals surface area contributed by atoms with Crippen molar-refractivity contribution in [1.82, 2.24) is 0 Å². The highest BCUT2D eigenvalue weighted by molar-refractivity contribution is 6.26. The lowest BCUT2D eigenvalue weighted by Gasteiger charge is -2.01. The largest absolute Gasteiger partial charge is 0.241 e. The van der Waals surface area contributed by atoms with E-state index in [9.17, 15) is 0 Å². The molecule has 0 rings (SSSR count).